The Kier molecular flexibility index (Phi) is 5.02. The summed E-state index contributed by atoms with van der Waals surface area (Å²) in [5.74, 6) is -0.0378. The molecule has 1 heterocycles. The molecule has 0 radical (unpaired) electrons. The lowest BCUT2D eigenvalue weighted by molar-refractivity contribution is 0.0734. The fraction of sp³-hybridized carbons (Fsp3) is 0.316. The van der Waals surface area contributed by atoms with Crippen LogP contribution in [0.2, 0.25) is 0 Å². The first-order valence-corrected chi connectivity index (χ1v) is 9.83. The number of fused-ring (bicyclic) bond motifs is 1. The van der Waals surface area contributed by atoms with E-state index in [2.05, 4.69) is 12.1 Å². The van der Waals surface area contributed by atoms with Crippen LogP contribution >= 0.6 is 0 Å². The van der Waals surface area contributed by atoms with Crippen molar-refractivity contribution in [1.82, 2.24) is 9.21 Å². The Morgan fingerprint density at radius 3 is 2.19 bits per heavy atom. The Morgan fingerprint density at radius 1 is 0.962 bits per heavy atom. The van der Waals surface area contributed by atoms with Crippen LogP contribution in [0, 0.1) is 0 Å². The van der Waals surface area contributed by atoms with E-state index in [9.17, 15) is 13.2 Å². The summed E-state index contributed by atoms with van der Waals surface area (Å²) in [6.07, 6.45) is 0.851. The third-order valence-corrected chi connectivity index (χ3v) is 6.53. The highest BCUT2D eigenvalue weighted by Gasteiger charge is 2.23. The smallest absolute Gasteiger partial charge is 0.303 e. The highest BCUT2D eigenvalue weighted by atomic mass is 32.2. The minimum Gasteiger partial charge on any atom is -0.334 e. The molecule has 0 spiro atoms. The minimum atomic E-state index is -3.55. The molecule has 0 N–H and O–H groups in total. The van der Waals surface area contributed by atoms with Crippen molar-refractivity contribution >= 4 is 21.8 Å². The van der Waals surface area contributed by atoms with Crippen LogP contribution in [-0.4, -0.2) is 51.2 Å². The lowest BCUT2D eigenvalue weighted by Gasteiger charge is -2.29. The summed E-state index contributed by atoms with van der Waals surface area (Å²) in [5.41, 5.74) is 3.55. The average Bonchev–Trinajstić information content (AvgIpc) is 2.66. The van der Waals surface area contributed by atoms with Crippen molar-refractivity contribution in [3.63, 3.8) is 0 Å². The summed E-state index contributed by atoms with van der Waals surface area (Å²) >= 11 is 0. The average molecular weight is 373 g/mol. The summed E-state index contributed by atoms with van der Waals surface area (Å²) in [6, 6.07) is 14.8. The number of hydrogen-bond donors (Lipinski definition) is 0. The number of nitrogens with zero attached hydrogens (tertiary/aromatic N) is 3. The Hall–Kier alpha value is -2.38. The van der Waals surface area contributed by atoms with Gasteiger partial charge in [-0.15, -0.1) is 0 Å². The van der Waals surface area contributed by atoms with Gasteiger partial charge in [-0.25, -0.2) is 0 Å². The molecule has 2 aromatic carbocycles. The minimum absolute atomic E-state index is 0.0378. The topological polar surface area (TPSA) is 60.9 Å². The molecule has 0 bridgehead atoms. The maximum atomic E-state index is 12.8. The molecule has 7 heteroatoms. The number of rotatable bonds is 4. The molecule has 3 rings (SSSR count). The first kappa shape index (κ1) is 18.4. The first-order valence-electron chi connectivity index (χ1n) is 8.43. The van der Waals surface area contributed by atoms with Crippen molar-refractivity contribution in [2.75, 3.05) is 32.0 Å². The summed E-state index contributed by atoms with van der Waals surface area (Å²) in [5, 5.41) is 0. The van der Waals surface area contributed by atoms with Gasteiger partial charge >= 0.3 is 10.2 Å². The van der Waals surface area contributed by atoms with E-state index in [1.807, 2.05) is 17.0 Å². The molecular weight excluding hydrogens is 350 g/mol. The van der Waals surface area contributed by atoms with Crippen LogP contribution in [0.25, 0.3) is 0 Å². The zero-order valence-electron chi connectivity index (χ0n) is 15.2. The molecule has 0 aliphatic carbocycles. The van der Waals surface area contributed by atoms with Gasteiger partial charge in [0.1, 0.15) is 0 Å². The Morgan fingerprint density at radius 2 is 1.58 bits per heavy atom. The molecule has 1 amide bonds. The highest BCUT2D eigenvalue weighted by Crippen LogP contribution is 2.22. The lowest BCUT2D eigenvalue weighted by Crippen LogP contribution is -2.37. The van der Waals surface area contributed by atoms with Gasteiger partial charge in [0, 0.05) is 39.8 Å². The highest BCUT2D eigenvalue weighted by molar-refractivity contribution is 7.90. The molecule has 0 atom stereocenters. The second-order valence-corrected chi connectivity index (χ2v) is 8.72. The predicted octanol–water partition coefficient (Wildman–Crippen LogP) is 2.13. The van der Waals surface area contributed by atoms with E-state index >= 15 is 0 Å². The van der Waals surface area contributed by atoms with E-state index < -0.39 is 10.2 Å². The number of benzene rings is 2. The number of anilines is 1. The van der Waals surface area contributed by atoms with Gasteiger partial charge in [-0.2, -0.15) is 12.7 Å². The van der Waals surface area contributed by atoms with Gasteiger partial charge in [0.05, 0.1) is 5.69 Å². The summed E-state index contributed by atoms with van der Waals surface area (Å²) in [7, 11) is 0.916. The fourth-order valence-corrected chi connectivity index (χ4v) is 3.92. The van der Waals surface area contributed by atoms with E-state index in [1.54, 1.807) is 24.3 Å². The van der Waals surface area contributed by atoms with Crippen LogP contribution in [0.3, 0.4) is 0 Å². The zero-order valence-corrected chi connectivity index (χ0v) is 16.0. The summed E-state index contributed by atoms with van der Waals surface area (Å²) in [4.78, 5) is 14.6. The van der Waals surface area contributed by atoms with Crippen LogP contribution in [0.15, 0.2) is 48.5 Å². The Labute approximate surface area is 154 Å². The van der Waals surface area contributed by atoms with Crippen LogP contribution in [0.5, 0.6) is 0 Å². The van der Waals surface area contributed by atoms with E-state index in [4.69, 9.17) is 0 Å². The maximum Gasteiger partial charge on any atom is 0.303 e. The molecule has 6 nitrogen and oxygen atoms in total. The number of amides is 1. The molecule has 2 aromatic rings. The van der Waals surface area contributed by atoms with Crippen molar-refractivity contribution in [2.24, 2.45) is 0 Å². The molecule has 138 valence electrons. The van der Waals surface area contributed by atoms with Crippen molar-refractivity contribution in [1.29, 1.82) is 0 Å². The van der Waals surface area contributed by atoms with Gasteiger partial charge in [-0.1, -0.05) is 24.3 Å². The number of hydrogen-bond acceptors (Lipinski definition) is 3. The third kappa shape index (κ3) is 3.45. The first-order chi connectivity index (χ1) is 12.3. The maximum absolute atomic E-state index is 12.8. The molecule has 1 aliphatic heterocycles. The van der Waals surface area contributed by atoms with Gasteiger partial charge in [0.2, 0.25) is 0 Å². The molecule has 0 saturated heterocycles. The third-order valence-electron chi connectivity index (χ3n) is 4.70. The quantitative estimate of drug-likeness (QED) is 0.825. The van der Waals surface area contributed by atoms with Crippen LogP contribution < -0.4 is 4.31 Å². The van der Waals surface area contributed by atoms with Crippen LogP contribution in [-0.2, 0) is 23.2 Å². The Bertz CT molecular complexity index is 908. The second kappa shape index (κ2) is 7.09. The molecule has 26 heavy (non-hydrogen) atoms. The van der Waals surface area contributed by atoms with Crippen molar-refractivity contribution in [3.05, 3.63) is 65.2 Å². The van der Waals surface area contributed by atoms with Gasteiger partial charge in [0.15, 0.2) is 0 Å². The van der Waals surface area contributed by atoms with Crippen molar-refractivity contribution in [3.8, 4) is 0 Å². The van der Waals surface area contributed by atoms with Gasteiger partial charge in [0.25, 0.3) is 5.91 Å². The molecule has 0 saturated carbocycles. The van der Waals surface area contributed by atoms with E-state index in [1.165, 1.54) is 36.6 Å². The van der Waals surface area contributed by atoms with Crippen LogP contribution in [0.4, 0.5) is 5.69 Å². The predicted molar refractivity (Wildman–Crippen MR) is 102 cm³/mol. The summed E-state index contributed by atoms with van der Waals surface area (Å²) < 4.78 is 26.7. The number of carbonyl (C=O) groups excluding carboxylic acids is 1. The zero-order chi connectivity index (χ0) is 18.9. The monoisotopic (exact) mass is 373 g/mol. The SMILES string of the molecule is CN(C)S(=O)(=O)N(C)c1ccc(C(=O)N2CCc3ccccc3C2)cc1. The van der Waals surface area contributed by atoms with Crippen LogP contribution in [0.1, 0.15) is 21.5 Å². The van der Waals surface area contributed by atoms with Gasteiger partial charge in [-0.05, 0) is 41.8 Å². The molecule has 0 fully saturated rings. The molecule has 0 unspecified atom stereocenters. The normalized spacial score (nSPS) is 14.2. The van der Waals surface area contributed by atoms with E-state index in [0.717, 1.165) is 10.7 Å². The van der Waals surface area contributed by atoms with Gasteiger partial charge < -0.3 is 4.90 Å². The standard InChI is InChI=1S/C19H23N3O3S/c1-20(2)26(24,25)21(3)18-10-8-16(9-11-18)19(23)22-13-12-15-6-4-5-7-17(15)14-22/h4-11H,12-14H2,1-3H3. The van der Waals surface area contributed by atoms with Gasteiger partial charge in [-0.3, -0.25) is 9.10 Å². The van der Waals surface area contributed by atoms with Crippen molar-refractivity contribution < 1.29 is 13.2 Å². The molecular formula is C19H23N3O3S. The van der Waals surface area contributed by atoms with E-state index in [-0.39, 0.29) is 5.91 Å². The van der Waals surface area contributed by atoms with Crippen molar-refractivity contribution in [2.45, 2.75) is 13.0 Å². The summed E-state index contributed by atoms with van der Waals surface area (Å²) in [6.45, 7) is 1.29. The largest absolute Gasteiger partial charge is 0.334 e. The fourth-order valence-electron chi connectivity index (χ4n) is 3.04. The van der Waals surface area contributed by atoms with E-state index in [0.29, 0.717) is 24.3 Å². The lowest BCUT2D eigenvalue weighted by atomic mass is 9.99. The Balaban J connectivity index is 1.76. The number of carbonyl (C=O) groups is 1. The molecule has 1 aliphatic rings. The second-order valence-electron chi connectivity index (χ2n) is 6.55. The molecule has 0 aromatic heterocycles.